The third kappa shape index (κ3) is 3.45. The summed E-state index contributed by atoms with van der Waals surface area (Å²) in [6, 6.07) is 6.19. The molecule has 1 heterocycles. The predicted octanol–water partition coefficient (Wildman–Crippen LogP) is 2.18. The molecule has 2 N–H and O–H groups in total. The van der Waals surface area contributed by atoms with Gasteiger partial charge in [0.1, 0.15) is 11.6 Å². The molecule has 1 aromatic heterocycles. The van der Waals surface area contributed by atoms with Crippen LogP contribution in [-0.4, -0.2) is 27.1 Å². The Kier molecular flexibility index (Phi) is 3.68. The van der Waals surface area contributed by atoms with Gasteiger partial charge >= 0.3 is 0 Å². The first kappa shape index (κ1) is 13.7. The number of carbonyl (C=O) groups excluding carboxylic acids is 1. The van der Waals surface area contributed by atoms with Crippen LogP contribution in [0.15, 0.2) is 24.3 Å². The van der Waals surface area contributed by atoms with Crippen molar-refractivity contribution in [2.24, 2.45) is 0 Å². The lowest BCUT2D eigenvalue weighted by molar-refractivity contribution is 0.0930. The zero-order valence-corrected chi connectivity index (χ0v) is 11.8. The van der Waals surface area contributed by atoms with E-state index in [1.165, 1.54) is 12.1 Å². The van der Waals surface area contributed by atoms with Crippen LogP contribution in [0.2, 0.25) is 0 Å². The number of aromatic nitrogens is 3. The van der Waals surface area contributed by atoms with Gasteiger partial charge in [0, 0.05) is 12.0 Å². The quantitative estimate of drug-likeness (QED) is 0.886. The molecule has 6 heteroatoms. The minimum atomic E-state index is -0.284. The van der Waals surface area contributed by atoms with Crippen molar-refractivity contribution in [1.82, 2.24) is 20.5 Å². The largest absolute Gasteiger partial charge is 0.346 e. The van der Waals surface area contributed by atoms with E-state index in [2.05, 4.69) is 20.5 Å². The zero-order valence-electron chi connectivity index (χ0n) is 11.8. The maximum absolute atomic E-state index is 12.8. The molecule has 0 spiro atoms. The molecule has 3 rings (SSSR count). The van der Waals surface area contributed by atoms with Crippen LogP contribution in [0.4, 0.5) is 4.39 Å². The molecule has 0 saturated heterocycles. The van der Waals surface area contributed by atoms with Crippen LogP contribution < -0.4 is 5.32 Å². The molecule has 1 atom stereocenters. The highest BCUT2D eigenvalue weighted by Gasteiger charge is 2.28. The standard InChI is InChI=1S/C15H17FN4O/c1-9(8-10-2-6-12(16)7-3-10)17-15(21)14-18-13(19-20-14)11-4-5-11/h2-3,6-7,9,11H,4-5,8H2,1H3,(H,17,21)(H,18,19,20). The molecule has 0 radical (unpaired) electrons. The van der Waals surface area contributed by atoms with E-state index in [-0.39, 0.29) is 23.6 Å². The highest BCUT2D eigenvalue weighted by molar-refractivity contribution is 5.90. The van der Waals surface area contributed by atoms with Crippen molar-refractivity contribution in [2.75, 3.05) is 0 Å². The van der Waals surface area contributed by atoms with Crippen LogP contribution in [0.5, 0.6) is 0 Å². The fourth-order valence-corrected chi connectivity index (χ4v) is 2.23. The average Bonchev–Trinajstić information content (AvgIpc) is 3.18. The number of carbonyl (C=O) groups is 1. The van der Waals surface area contributed by atoms with Crippen molar-refractivity contribution in [2.45, 2.75) is 38.1 Å². The molecule has 1 fully saturated rings. The van der Waals surface area contributed by atoms with Crippen molar-refractivity contribution in [3.63, 3.8) is 0 Å². The molecule has 2 aromatic rings. The summed E-state index contributed by atoms with van der Waals surface area (Å²) < 4.78 is 12.8. The van der Waals surface area contributed by atoms with E-state index in [1.807, 2.05) is 6.92 Å². The third-order valence-electron chi connectivity index (χ3n) is 3.50. The first-order valence-electron chi connectivity index (χ1n) is 7.09. The molecular formula is C15H17FN4O. The summed E-state index contributed by atoms with van der Waals surface area (Å²) in [4.78, 5) is 16.3. The number of H-pyrrole nitrogens is 1. The van der Waals surface area contributed by atoms with Crippen molar-refractivity contribution in [3.8, 4) is 0 Å². The molecule has 1 unspecified atom stereocenters. The summed E-state index contributed by atoms with van der Waals surface area (Å²) in [7, 11) is 0. The highest BCUT2D eigenvalue weighted by atomic mass is 19.1. The molecule has 1 aliphatic carbocycles. The lowest BCUT2D eigenvalue weighted by atomic mass is 10.1. The molecule has 0 bridgehead atoms. The van der Waals surface area contributed by atoms with Crippen LogP contribution in [-0.2, 0) is 6.42 Å². The number of nitrogens with zero attached hydrogens (tertiary/aromatic N) is 2. The van der Waals surface area contributed by atoms with E-state index >= 15 is 0 Å². The molecule has 1 aromatic carbocycles. The van der Waals surface area contributed by atoms with Crippen LogP contribution in [0, 0.1) is 5.82 Å². The van der Waals surface area contributed by atoms with Crippen molar-refractivity contribution < 1.29 is 9.18 Å². The van der Waals surface area contributed by atoms with E-state index in [0.717, 1.165) is 24.2 Å². The number of halogens is 1. The van der Waals surface area contributed by atoms with E-state index in [0.29, 0.717) is 12.3 Å². The Bertz CT molecular complexity index is 633. The van der Waals surface area contributed by atoms with Gasteiger partial charge in [-0.2, -0.15) is 0 Å². The van der Waals surface area contributed by atoms with Gasteiger partial charge < -0.3 is 5.32 Å². The lowest BCUT2D eigenvalue weighted by Gasteiger charge is -2.12. The van der Waals surface area contributed by atoms with Crippen LogP contribution in [0.3, 0.4) is 0 Å². The van der Waals surface area contributed by atoms with E-state index < -0.39 is 0 Å². The van der Waals surface area contributed by atoms with Gasteiger partial charge in [-0.1, -0.05) is 12.1 Å². The number of hydrogen-bond donors (Lipinski definition) is 2. The summed E-state index contributed by atoms with van der Waals surface area (Å²) in [5, 5.41) is 9.62. The molecule has 5 nitrogen and oxygen atoms in total. The second kappa shape index (κ2) is 5.63. The number of amides is 1. The number of benzene rings is 1. The van der Waals surface area contributed by atoms with Crippen molar-refractivity contribution >= 4 is 5.91 Å². The summed E-state index contributed by atoms with van der Waals surface area (Å²) in [5.74, 6) is 0.876. The predicted molar refractivity (Wildman–Crippen MR) is 75.4 cm³/mol. The Balaban J connectivity index is 1.56. The van der Waals surface area contributed by atoms with E-state index in [1.54, 1.807) is 12.1 Å². The Morgan fingerprint density at radius 2 is 2.14 bits per heavy atom. The number of aromatic amines is 1. The Hall–Kier alpha value is -2.24. The monoisotopic (exact) mass is 288 g/mol. The smallest absolute Gasteiger partial charge is 0.291 e. The normalized spacial score (nSPS) is 15.7. The summed E-state index contributed by atoms with van der Waals surface area (Å²) >= 11 is 0. The molecule has 1 aliphatic rings. The minimum Gasteiger partial charge on any atom is -0.346 e. The maximum atomic E-state index is 12.8. The first-order chi connectivity index (χ1) is 10.1. The highest BCUT2D eigenvalue weighted by Crippen LogP contribution is 2.37. The van der Waals surface area contributed by atoms with Gasteiger partial charge in [-0.15, -0.1) is 5.10 Å². The summed E-state index contributed by atoms with van der Waals surface area (Å²) in [6.45, 7) is 1.90. The Labute approximate surface area is 122 Å². The van der Waals surface area contributed by atoms with Crippen LogP contribution in [0.1, 0.15) is 47.7 Å². The molecule has 1 amide bonds. The van der Waals surface area contributed by atoms with Crippen LogP contribution >= 0.6 is 0 Å². The average molecular weight is 288 g/mol. The Morgan fingerprint density at radius 3 is 2.81 bits per heavy atom. The van der Waals surface area contributed by atoms with E-state index in [4.69, 9.17) is 0 Å². The molecule has 21 heavy (non-hydrogen) atoms. The van der Waals surface area contributed by atoms with Crippen molar-refractivity contribution in [3.05, 3.63) is 47.3 Å². The summed E-state index contributed by atoms with van der Waals surface area (Å²) in [6.07, 6.45) is 2.85. The lowest BCUT2D eigenvalue weighted by Crippen LogP contribution is -2.34. The topological polar surface area (TPSA) is 70.7 Å². The fraction of sp³-hybridized carbons (Fsp3) is 0.400. The molecule has 1 saturated carbocycles. The van der Waals surface area contributed by atoms with Gasteiger partial charge in [-0.3, -0.25) is 9.89 Å². The van der Waals surface area contributed by atoms with Gasteiger partial charge in [0.05, 0.1) is 0 Å². The molecular weight excluding hydrogens is 271 g/mol. The third-order valence-corrected chi connectivity index (χ3v) is 3.50. The van der Waals surface area contributed by atoms with Gasteiger partial charge in [0.15, 0.2) is 0 Å². The van der Waals surface area contributed by atoms with Gasteiger partial charge in [0.25, 0.3) is 5.91 Å². The number of nitrogens with one attached hydrogen (secondary N) is 2. The van der Waals surface area contributed by atoms with Crippen LogP contribution in [0.25, 0.3) is 0 Å². The zero-order chi connectivity index (χ0) is 14.8. The maximum Gasteiger partial charge on any atom is 0.291 e. The van der Waals surface area contributed by atoms with Gasteiger partial charge in [0.2, 0.25) is 5.82 Å². The first-order valence-corrected chi connectivity index (χ1v) is 7.09. The van der Waals surface area contributed by atoms with Gasteiger partial charge in [-0.25, -0.2) is 9.37 Å². The number of hydrogen-bond acceptors (Lipinski definition) is 3. The molecule has 110 valence electrons. The summed E-state index contributed by atoms with van der Waals surface area (Å²) in [5.41, 5.74) is 0.970. The van der Waals surface area contributed by atoms with Crippen molar-refractivity contribution in [1.29, 1.82) is 0 Å². The SMILES string of the molecule is CC(Cc1ccc(F)cc1)NC(=O)c1n[nH]c(C2CC2)n1. The molecule has 0 aliphatic heterocycles. The Morgan fingerprint density at radius 1 is 1.43 bits per heavy atom. The minimum absolute atomic E-state index is 0.0779. The number of rotatable bonds is 5. The van der Waals surface area contributed by atoms with Gasteiger partial charge in [-0.05, 0) is 43.9 Å². The second-order valence-electron chi connectivity index (χ2n) is 5.52. The second-order valence-corrected chi connectivity index (χ2v) is 5.52. The fourth-order valence-electron chi connectivity index (χ4n) is 2.23. The van der Waals surface area contributed by atoms with E-state index in [9.17, 15) is 9.18 Å².